The second-order valence-corrected chi connectivity index (χ2v) is 4.33. The van der Waals surface area contributed by atoms with Crippen LogP contribution >= 0.6 is 0 Å². The molecule has 2 atom stereocenters. The SMILES string of the molecule is CC(CO)C(C)NCc1cccnc1/C(N)=N/O. The number of hydrogen-bond acceptors (Lipinski definition) is 5. The van der Waals surface area contributed by atoms with E-state index in [2.05, 4.69) is 15.5 Å². The number of aromatic nitrogens is 1. The molecule has 0 aliphatic rings. The first-order valence-electron chi connectivity index (χ1n) is 5.86. The van der Waals surface area contributed by atoms with Crippen LogP contribution in [0.4, 0.5) is 0 Å². The van der Waals surface area contributed by atoms with Gasteiger partial charge >= 0.3 is 0 Å². The summed E-state index contributed by atoms with van der Waals surface area (Å²) in [6.45, 7) is 4.64. The van der Waals surface area contributed by atoms with Gasteiger partial charge in [0.15, 0.2) is 5.84 Å². The van der Waals surface area contributed by atoms with Crippen molar-refractivity contribution >= 4 is 5.84 Å². The number of nitrogens with one attached hydrogen (secondary N) is 1. The van der Waals surface area contributed by atoms with Crippen LogP contribution in [0.1, 0.15) is 25.1 Å². The van der Waals surface area contributed by atoms with Gasteiger partial charge in [0, 0.05) is 25.4 Å². The molecule has 0 radical (unpaired) electrons. The van der Waals surface area contributed by atoms with E-state index in [1.54, 1.807) is 12.3 Å². The lowest BCUT2D eigenvalue weighted by atomic mass is 10.0. The van der Waals surface area contributed by atoms with Crippen LogP contribution in [-0.2, 0) is 6.54 Å². The van der Waals surface area contributed by atoms with E-state index in [9.17, 15) is 0 Å². The Morgan fingerprint density at radius 1 is 1.56 bits per heavy atom. The zero-order valence-electron chi connectivity index (χ0n) is 10.7. The predicted molar refractivity (Wildman–Crippen MR) is 69.3 cm³/mol. The molecule has 1 aromatic rings. The molecule has 1 heterocycles. The summed E-state index contributed by atoms with van der Waals surface area (Å²) < 4.78 is 0. The smallest absolute Gasteiger partial charge is 0.189 e. The largest absolute Gasteiger partial charge is 0.409 e. The molecule has 0 saturated heterocycles. The molecule has 0 spiro atoms. The van der Waals surface area contributed by atoms with E-state index >= 15 is 0 Å². The van der Waals surface area contributed by atoms with Gasteiger partial charge in [-0.15, -0.1) is 0 Å². The first kappa shape index (κ1) is 14.4. The Bertz CT molecular complexity index is 409. The Hall–Kier alpha value is -1.66. The second-order valence-electron chi connectivity index (χ2n) is 4.33. The van der Waals surface area contributed by atoms with E-state index in [-0.39, 0.29) is 24.4 Å². The minimum Gasteiger partial charge on any atom is -0.409 e. The fourth-order valence-electron chi connectivity index (χ4n) is 1.49. The molecule has 6 nitrogen and oxygen atoms in total. The molecule has 6 heteroatoms. The summed E-state index contributed by atoms with van der Waals surface area (Å²) in [5.41, 5.74) is 6.88. The number of oxime groups is 1. The van der Waals surface area contributed by atoms with Crippen molar-refractivity contribution in [3.05, 3.63) is 29.6 Å². The summed E-state index contributed by atoms with van der Waals surface area (Å²) in [5, 5.41) is 24.0. The van der Waals surface area contributed by atoms with E-state index < -0.39 is 0 Å². The minimum atomic E-state index is -0.00439. The molecule has 2 unspecified atom stereocenters. The number of amidine groups is 1. The summed E-state index contributed by atoms with van der Waals surface area (Å²) in [6.07, 6.45) is 1.59. The predicted octanol–water partition coefficient (Wildman–Crippen LogP) is 0.283. The first-order chi connectivity index (χ1) is 8.60. The van der Waals surface area contributed by atoms with Crippen molar-refractivity contribution in [1.29, 1.82) is 0 Å². The van der Waals surface area contributed by atoms with Gasteiger partial charge in [-0.2, -0.15) is 0 Å². The number of hydrogen-bond donors (Lipinski definition) is 4. The van der Waals surface area contributed by atoms with Gasteiger partial charge in [0.25, 0.3) is 0 Å². The average Bonchev–Trinajstić information content (AvgIpc) is 2.43. The molecule has 1 aromatic heterocycles. The Labute approximate surface area is 107 Å². The number of rotatable bonds is 6. The molecule has 1 rings (SSSR count). The van der Waals surface area contributed by atoms with Gasteiger partial charge in [-0.25, -0.2) is 0 Å². The molecule has 5 N–H and O–H groups in total. The zero-order valence-corrected chi connectivity index (χ0v) is 10.7. The van der Waals surface area contributed by atoms with Crippen LogP contribution in [-0.4, -0.2) is 33.8 Å². The van der Waals surface area contributed by atoms with Crippen LogP contribution in [0.25, 0.3) is 0 Å². The number of aliphatic hydroxyl groups excluding tert-OH is 1. The van der Waals surface area contributed by atoms with Gasteiger partial charge in [-0.05, 0) is 24.5 Å². The molecular weight excluding hydrogens is 232 g/mol. The average molecular weight is 252 g/mol. The molecule has 18 heavy (non-hydrogen) atoms. The lowest BCUT2D eigenvalue weighted by Gasteiger charge is -2.19. The van der Waals surface area contributed by atoms with Gasteiger partial charge in [0.05, 0.1) is 0 Å². The summed E-state index contributed by atoms with van der Waals surface area (Å²) in [4.78, 5) is 4.09. The minimum absolute atomic E-state index is 0.00439. The topological polar surface area (TPSA) is 104 Å². The Morgan fingerprint density at radius 3 is 2.89 bits per heavy atom. The van der Waals surface area contributed by atoms with Gasteiger partial charge in [0.1, 0.15) is 5.69 Å². The van der Waals surface area contributed by atoms with Gasteiger partial charge in [0.2, 0.25) is 0 Å². The van der Waals surface area contributed by atoms with Crippen LogP contribution in [0, 0.1) is 5.92 Å². The van der Waals surface area contributed by atoms with Crippen LogP contribution in [0.5, 0.6) is 0 Å². The maximum atomic E-state index is 9.06. The maximum absolute atomic E-state index is 9.06. The molecule has 100 valence electrons. The van der Waals surface area contributed by atoms with Crippen LogP contribution in [0.3, 0.4) is 0 Å². The third-order valence-corrected chi connectivity index (χ3v) is 3.00. The Balaban J connectivity index is 2.73. The van der Waals surface area contributed by atoms with Crippen molar-refractivity contribution in [2.24, 2.45) is 16.8 Å². The standard InChI is InChI=1S/C12H20N4O2/c1-8(7-17)9(2)15-6-10-4-3-5-14-11(10)12(13)16-18/h3-5,8-9,15,17-18H,6-7H2,1-2H3,(H2,13,16). The van der Waals surface area contributed by atoms with Gasteiger partial charge in [-0.1, -0.05) is 18.1 Å². The van der Waals surface area contributed by atoms with Crippen molar-refractivity contribution in [2.45, 2.75) is 26.4 Å². The normalized spacial score (nSPS) is 15.4. The molecule has 0 fully saturated rings. The fraction of sp³-hybridized carbons (Fsp3) is 0.500. The van der Waals surface area contributed by atoms with Crippen molar-refractivity contribution in [2.75, 3.05) is 6.61 Å². The van der Waals surface area contributed by atoms with E-state index in [0.29, 0.717) is 12.2 Å². The van der Waals surface area contributed by atoms with Crippen molar-refractivity contribution in [3.63, 3.8) is 0 Å². The molecule has 0 saturated carbocycles. The highest BCUT2D eigenvalue weighted by Crippen LogP contribution is 2.07. The summed E-state index contributed by atoms with van der Waals surface area (Å²) in [7, 11) is 0. The van der Waals surface area contributed by atoms with E-state index in [0.717, 1.165) is 5.56 Å². The molecule has 0 aromatic carbocycles. The number of nitrogens with zero attached hydrogens (tertiary/aromatic N) is 2. The van der Waals surface area contributed by atoms with E-state index in [4.69, 9.17) is 16.0 Å². The summed E-state index contributed by atoms with van der Waals surface area (Å²) in [6, 6.07) is 3.82. The van der Waals surface area contributed by atoms with Crippen molar-refractivity contribution in [3.8, 4) is 0 Å². The molecule has 0 amide bonds. The maximum Gasteiger partial charge on any atom is 0.189 e. The third-order valence-electron chi connectivity index (χ3n) is 3.00. The van der Waals surface area contributed by atoms with E-state index in [1.807, 2.05) is 19.9 Å². The lowest BCUT2D eigenvalue weighted by Crippen LogP contribution is -2.34. The van der Waals surface area contributed by atoms with Crippen LogP contribution in [0.15, 0.2) is 23.5 Å². The van der Waals surface area contributed by atoms with E-state index in [1.165, 1.54) is 0 Å². The highest BCUT2D eigenvalue weighted by atomic mass is 16.4. The number of aliphatic hydroxyl groups is 1. The van der Waals surface area contributed by atoms with Crippen LogP contribution in [0.2, 0.25) is 0 Å². The Kier molecular flexibility index (Phi) is 5.54. The van der Waals surface area contributed by atoms with Crippen LogP contribution < -0.4 is 11.1 Å². The lowest BCUT2D eigenvalue weighted by molar-refractivity contribution is 0.207. The monoisotopic (exact) mass is 252 g/mol. The molecule has 0 aliphatic heterocycles. The summed E-state index contributed by atoms with van der Waals surface area (Å²) in [5.74, 6) is 0.157. The number of nitrogens with two attached hydrogens (primary N) is 1. The van der Waals surface area contributed by atoms with Crippen molar-refractivity contribution in [1.82, 2.24) is 10.3 Å². The molecule has 0 bridgehead atoms. The highest BCUT2D eigenvalue weighted by Gasteiger charge is 2.12. The summed E-state index contributed by atoms with van der Waals surface area (Å²) >= 11 is 0. The first-order valence-corrected chi connectivity index (χ1v) is 5.86. The molecule has 0 aliphatic carbocycles. The molecular formula is C12H20N4O2. The van der Waals surface area contributed by atoms with Crippen molar-refractivity contribution < 1.29 is 10.3 Å². The highest BCUT2D eigenvalue weighted by molar-refractivity contribution is 5.96. The Morgan fingerprint density at radius 2 is 2.28 bits per heavy atom. The quantitative estimate of drug-likeness (QED) is 0.252. The third kappa shape index (κ3) is 3.68. The van der Waals surface area contributed by atoms with Gasteiger partial charge in [-0.3, -0.25) is 4.98 Å². The fourth-order valence-corrected chi connectivity index (χ4v) is 1.49. The zero-order chi connectivity index (χ0) is 13.5. The van der Waals surface area contributed by atoms with Gasteiger partial charge < -0.3 is 21.4 Å². The number of pyridine rings is 1. The second kappa shape index (κ2) is 6.93.